The van der Waals surface area contributed by atoms with Crippen LogP contribution in [-0.2, 0) is 35.3 Å². The molecule has 23 heteroatoms. The maximum Gasteiger partial charge on any atom is 0.411 e. The number of hydrogen-bond acceptors (Lipinski definition) is 18. The number of carbonyl (C=O) groups is 5. The van der Waals surface area contributed by atoms with Crippen LogP contribution in [0.4, 0.5) is 33.2 Å². The molecule has 4 aromatic rings. The van der Waals surface area contributed by atoms with E-state index in [2.05, 4.69) is 26.3 Å². The number of unbranched alkanes of at least 4 members (excludes halogenated alkanes) is 3. The van der Waals surface area contributed by atoms with Gasteiger partial charge in [-0.15, -0.1) is 0 Å². The molecule has 0 radical (unpaired) electrons. The topological polar surface area (TPSA) is 331 Å². The molecule has 0 bridgehead atoms. The molecule has 1 aromatic heterocycles. The van der Waals surface area contributed by atoms with E-state index in [-0.39, 0.29) is 91.1 Å². The van der Waals surface area contributed by atoms with Crippen LogP contribution in [0.25, 0.3) is 0 Å². The molecule has 394 valence electrons. The van der Waals surface area contributed by atoms with E-state index in [0.717, 1.165) is 51.4 Å². The van der Waals surface area contributed by atoms with Crippen molar-refractivity contribution in [3.05, 3.63) is 98.6 Å². The number of benzene rings is 2. The van der Waals surface area contributed by atoms with Crippen LogP contribution in [0.1, 0.15) is 93.5 Å². The van der Waals surface area contributed by atoms with Crippen LogP contribution in [0.2, 0.25) is 0 Å². The van der Waals surface area contributed by atoms with Gasteiger partial charge in [0.05, 0.1) is 18.3 Å². The fraction of sp³-hybridized carbons (Fsp3) is 0.480. The average molecular weight is 1020 g/mol. The lowest BCUT2D eigenvalue weighted by Gasteiger charge is -2.38. The summed E-state index contributed by atoms with van der Waals surface area (Å²) in [5.74, 6) is -2.70. The molecule has 2 fully saturated rings. The number of anilines is 5. The zero-order chi connectivity index (χ0) is 52.4. The number of pyridine rings is 1. The van der Waals surface area contributed by atoms with Crippen LogP contribution < -0.4 is 42.6 Å². The van der Waals surface area contributed by atoms with Crippen molar-refractivity contribution in [2.24, 2.45) is 5.73 Å². The number of ether oxygens (including phenoxy) is 3. The maximum absolute atomic E-state index is 13.7. The fourth-order valence-electron chi connectivity index (χ4n) is 8.39. The Morgan fingerprint density at radius 1 is 0.836 bits per heavy atom. The summed E-state index contributed by atoms with van der Waals surface area (Å²) in [5, 5.41) is 52.9. The van der Waals surface area contributed by atoms with Gasteiger partial charge in [0.2, 0.25) is 18.1 Å². The Labute approximate surface area is 420 Å². The number of hydrogen-bond donors (Lipinski definition) is 9. The van der Waals surface area contributed by atoms with E-state index in [4.69, 9.17) is 24.8 Å². The second-order valence-electron chi connectivity index (χ2n) is 17.6. The summed E-state index contributed by atoms with van der Waals surface area (Å²) in [6.45, 7) is 2.60. The van der Waals surface area contributed by atoms with E-state index in [9.17, 15) is 54.0 Å². The van der Waals surface area contributed by atoms with Gasteiger partial charge in [0.25, 0.3) is 16.8 Å². The predicted molar refractivity (Wildman–Crippen MR) is 266 cm³/mol. The summed E-state index contributed by atoms with van der Waals surface area (Å²) in [7, 11) is 0. The highest BCUT2D eigenvalue weighted by atomic mass is 16.7. The third-order valence-corrected chi connectivity index (χ3v) is 12.4. The highest BCUT2D eigenvalue weighted by molar-refractivity contribution is 5.96. The van der Waals surface area contributed by atoms with E-state index in [1.807, 2.05) is 6.92 Å². The smallest absolute Gasteiger partial charge is 0.411 e. The first-order valence-corrected chi connectivity index (χ1v) is 24.4. The molecule has 5 atom stereocenters. The molecule has 2 aliphatic rings. The number of aromatic nitrogens is 1. The minimum absolute atomic E-state index is 0.00926. The largest absolute Gasteiger partial charge is 0.479 e. The van der Waals surface area contributed by atoms with Crippen molar-refractivity contribution < 1.29 is 63.4 Å². The van der Waals surface area contributed by atoms with Gasteiger partial charge in [0.1, 0.15) is 42.0 Å². The second-order valence-corrected chi connectivity index (χ2v) is 17.6. The van der Waals surface area contributed by atoms with E-state index in [0.29, 0.717) is 30.8 Å². The van der Waals surface area contributed by atoms with Gasteiger partial charge in [0, 0.05) is 68.4 Å². The minimum atomic E-state index is -1.95. The van der Waals surface area contributed by atoms with Gasteiger partial charge < -0.3 is 61.2 Å². The third kappa shape index (κ3) is 15.3. The van der Waals surface area contributed by atoms with Gasteiger partial charge in [0.15, 0.2) is 6.10 Å². The van der Waals surface area contributed by atoms with Gasteiger partial charge in [-0.1, -0.05) is 44.2 Å². The Bertz CT molecular complexity index is 2570. The monoisotopic (exact) mass is 1020 g/mol. The van der Waals surface area contributed by atoms with Crippen molar-refractivity contribution in [1.29, 1.82) is 0 Å². The number of hydroxylamine groups is 2. The van der Waals surface area contributed by atoms with Crippen LogP contribution in [0.5, 0.6) is 5.75 Å². The number of amides is 4. The molecule has 0 unspecified atom stereocenters. The number of carboxylic acid groups (broad SMARTS) is 1. The van der Waals surface area contributed by atoms with Crippen molar-refractivity contribution in [3.8, 4) is 5.75 Å². The number of carboxylic acids is 1. The van der Waals surface area contributed by atoms with E-state index in [1.165, 1.54) is 29.3 Å². The molecule has 1 aliphatic heterocycles. The van der Waals surface area contributed by atoms with Crippen molar-refractivity contribution in [1.82, 2.24) is 14.9 Å². The van der Waals surface area contributed by atoms with Crippen LogP contribution in [0.15, 0.2) is 76.6 Å². The maximum atomic E-state index is 13.7. The highest BCUT2D eigenvalue weighted by Crippen LogP contribution is 2.32. The van der Waals surface area contributed by atoms with Gasteiger partial charge >= 0.3 is 12.1 Å². The third-order valence-electron chi connectivity index (χ3n) is 12.4. The van der Waals surface area contributed by atoms with Gasteiger partial charge in [-0.3, -0.25) is 39.1 Å². The standard InChI is InChI=1S/C50H64N8O15/c1-2-57(25-26-71-58(34-13-6-5-7-14-34)38(60)15-8-3-4-9-22-53-39-40(42(62)41(39)61)54-32-19-23-52-24-20-32)47(66)31-11-10-12-33(28-31)55-50(69)70-29-30-16-17-36(35(27-30)56-37(59)18-21-51)72-49-45(65)43(63)44(64)46(73-49)48(67)68/h10-12,16-17,19-20,23-24,27-28,34,43-46,49,53,63-65H,2-9,13-15,18,21-22,25-26,29,51H2,1H3,(H,52,54)(H,55,69)(H,56,59)(H,67,68)/t43-,44-,45+,46-,49+/m0/s1. The minimum Gasteiger partial charge on any atom is -0.479 e. The zero-order valence-corrected chi connectivity index (χ0v) is 40.5. The summed E-state index contributed by atoms with van der Waals surface area (Å²) in [6, 6.07) is 13.8. The summed E-state index contributed by atoms with van der Waals surface area (Å²) in [6.07, 6.45) is 0.687. The van der Waals surface area contributed by atoms with Crippen molar-refractivity contribution in [3.63, 3.8) is 0 Å². The van der Waals surface area contributed by atoms with Crippen LogP contribution in [0, 0.1) is 0 Å². The quantitative estimate of drug-likeness (QED) is 0.0247. The number of aliphatic hydroxyl groups is 3. The van der Waals surface area contributed by atoms with Crippen LogP contribution in [0.3, 0.4) is 0 Å². The normalized spacial score (nSPS) is 18.8. The number of aliphatic hydroxyl groups excluding tert-OH is 3. The van der Waals surface area contributed by atoms with E-state index >= 15 is 0 Å². The lowest BCUT2D eigenvalue weighted by atomic mass is 9.95. The fourth-order valence-corrected chi connectivity index (χ4v) is 8.39. The number of carbonyl (C=O) groups excluding carboxylic acids is 4. The average Bonchev–Trinajstić information content (AvgIpc) is 3.39. The lowest BCUT2D eigenvalue weighted by Crippen LogP contribution is -2.61. The molecule has 3 aromatic carbocycles. The molecule has 1 aliphatic carbocycles. The van der Waals surface area contributed by atoms with Gasteiger partial charge in [-0.05, 0) is 80.6 Å². The first-order valence-electron chi connectivity index (χ1n) is 24.4. The first kappa shape index (κ1) is 55.3. The molecule has 2 heterocycles. The van der Waals surface area contributed by atoms with Crippen LogP contribution >= 0.6 is 0 Å². The Morgan fingerprint density at radius 2 is 1.58 bits per heavy atom. The Hall–Kier alpha value is -7.02. The predicted octanol–water partition coefficient (Wildman–Crippen LogP) is 3.35. The number of nitrogens with zero attached hydrogens (tertiary/aromatic N) is 3. The summed E-state index contributed by atoms with van der Waals surface area (Å²) >= 11 is 0. The number of likely N-dealkylation sites (N-methyl/N-ethyl adjacent to an activating group) is 1. The number of rotatable bonds is 26. The summed E-state index contributed by atoms with van der Waals surface area (Å²) in [5.41, 5.74) is 6.47. The molecular formula is C50H64N8O15. The van der Waals surface area contributed by atoms with Gasteiger partial charge in [-0.2, -0.15) is 0 Å². The Kier molecular flexibility index (Phi) is 20.6. The highest BCUT2D eigenvalue weighted by Gasteiger charge is 2.48. The number of nitrogens with two attached hydrogens (primary N) is 1. The zero-order valence-electron chi connectivity index (χ0n) is 40.5. The SMILES string of the molecule is CCN(CCON(C(=O)CCCCCCNc1c(Nc2ccncc2)c(=O)c1=O)C1CCCCC1)C(=O)c1cccc(NC(=O)OCc2ccc(O[C@@H]3O[C@H](C(=O)O)[C@@H](O)[C@H](O)[C@H]3O)c(NC(=O)CCN)c2)c1. The number of aliphatic carboxylic acids is 1. The molecule has 73 heavy (non-hydrogen) atoms. The molecule has 10 N–H and O–H groups in total. The number of nitrogens with one attached hydrogen (secondary N) is 4. The van der Waals surface area contributed by atoms with E-state index in [1.54, 1.807) is 47.6 Å². The Balaban J connectivity index is 0.965. The molecule has 0 spiro atoms. The molecule has 6 rings (SSSR count). The molecule has 4 amide bonds. The molecule has 1 saturated heterocycles. The Morgan fingerprint density at radius 3 is 2.30 bits per heavy atom. The van der Waals surface area contributed by atoms with Crippen molar-refractivity contribution in [2.45, 2.75) is 121 Å². The van der Waals surface area contributed by atoms with E-state index < -0.39 is 59.5 Å². The van der Waals surface area contributed by atoms with Crippen molar-refractivity contribution >= 4 is 58.2 Å². The summed E-state index contributed by atoms with van der Waals surface area (Å²) in [4.78, 5) is 100. The summed E-state index contributed by atoms with van der Waals surface area (Å²) < 4.78 is 16.3. The molecule has 1 saturated carbocycles. The van der Waals surface area contributed by atoms with Crippen LogP contribution in [-0.4, -0.2) is 135 Å². The second kappa shape index (κ2) is 27.2. The van der Waals surface area contributed by atoms with Crippen molar-refractivity contribution in [2.75, 3.05) is 54.1 Å². The molecular weight excluding hydrogens is 953 g/mol. The first-order chi connectivity index (χ1) is 35.2. The van der Waals surface area contributed by atoms with Gasteiger partial charge in [-0.25, -0.2) is 14.7 Å². The lowest BCUT2D eigenvalue weighted by molar-refractivity contribution is -0.271. The molecule has 23 nitrogen and oxygen atoms in total.